The van der Waals surface area contributed by atoms with E-state index in [1.54, 1.807) is 19.1 Å². The number of oxime groups is 1. The van der Waals surface area contributed by atoms with Crippen molar-refractivity contribution in [1.82, 2.24) is 0 Å². The highest BCUT2D eigenvalue weighted by Gasteiger charge is 2.13. The lowest BCUT2D eigenvalue weighted by Gasteiger charge is -2.08. The third-order valence-corrected chi connectivity index (χ3v) is 2.78. The number of hydrogen-bond acceptors (Lipinski definition) is 3. The van der Waals surface area contributed by atoms with Gasteiger partial charge in [0.1, 0.15) is 0 Å². The lowest BCUT2D eigenvalue weighted by molar-refractivity contribution is -0.619. The molecule has 2 aromatic rings. The number of pyridine rings is 1. The van der Waals surface area contributed by atoms with Crippen molar-refractivity contribution < 1.29 is 9.94 Å². The molecule has 0 radical (unpaired) electrons. The fraction of sp³-hybridized carbons (Fsp3) is 0.143. The van der Waals surface area contributed by atoms with Gasteiger partial charge in [0.2, 0.25) is 0 Å². The first-order chi connectivity index (χ1) is 8.72. The van der Waals surface area contributed by atoms with Crippen LogP contribution in [0, 0.1) is 12.1 Å². The van der Waals surface area contributed by atoms with Crippen molar-refractivity contribution in [2.75, 3.05) is 0 Å². The number of aryl methyl sites for hydroxylation is 1. The minimum absolute atomic E-state index is 0.297. The minimum Gasteiger partial charge on any atom is -0.618 e. The van der Waals surface area contributed by atoms with E-state index < -0.39 is 0 Å². The molecule has 0 saturated heterocycles. The van der Waals surface area contributed by atoms with Crippen LogP contribution in [0.25, 0.3) is 0 Å². The third-order valence-electron chi connectivity index (χ3n) is 2.78. The number of nitrogens with zero attached hydrogens (tertiary/aromatic N) is 2. The molecule has 1 aromatic heterocycles. The molecular weight excluding hydrogens is 228 g/mol. The Hall–Kier alpha value is -2.36. The van der Waals surface area contributed by atoms with E-state index >= 15 is 0 Å². The third kappa shape index (κ3) is 2.48. The normalized spacial score (nSPS) is 11.5. The zero-order valence-electron chi connectivity index (χ0n) is 10.1. The zero-order chi connectivity index (χ0) is 13.0. The van der Waals surface area contributed by atoms with Crippen molar-refractivity contribution in [2.45, 2.75) is 13.3 Å². The molecule has 18 heavy (non-hydrogen) atoms. The Morgan fingerprint density at radius 1 is 1.17 bits per heavy atom. The first-order valence-corrected chi connectivity index (χ1v) is 5.67. The number of aromatic nitrogens is 1. The van der Waals surface area contributed by atoms with Gasteiger partial charge in [0.05, 0.1) is 12.1 Å². The Balaban J connectivity index is 2.30. The molecule has 0 amide bonds. The van der Waals surface area contributed by atoms with Crippen molar-refractivity contribution in [3.63, 3.8) is 0 Å². The van der Waals surface area contributed by atoms with Gasteiger partial charge < -0.3 is 10.4 Å². The summed E-state index contributed by atoms with van der Waals surface area (Å²) in [5.74, 6) is 0. The predicted molar refractivity (Wildman–Crippen MR) is 68.6 cm³/mol. The van der Waals surface area contributed by atoms with E-state index in [4.69, 9.17) is 5.21 Å². The molecule has 1 aromatic carbocycles. The molecule has 0 saturated carbocycles. The Kier molecular flexibility index (Phi) is 3.57. The van der Waals surface area contributed by atoms with Crippen molar-refractivity contribution in [2.24, 2.45) is 5.16 Å². The van der Waals surface area contributed by atoms with E-state index in [1.165, 1.54) is 0 Å². The van der Waals surface area contributed by atoms with Gasteiger partial charge in [0.25, 0.3) is 0 Å². The average Bonchev–Trinajstić information content (AvgIpc) is 2.41. The Bertz CT molecular complexity index is 565. The highest BCUT2D eigenvalue weighted by Crippen LogP contribution is 2.06. The minimum atomic E-state index is 0.297. The van der Waals surface area contributed by atoms with Gasteiger partial charge in [0.15, 0.2) is 11.4 Å². The Morgan fingerprint density at radius 3 is 2.56 bits per heavy atom. The first-order valence-electron chi connectivity index (χ1n) is 5.67. The van der Waals surface area contributed by atoms with E-state index in [0.717, 1.165) is 10.3 Å². The Labute approximate surface area is 105 Å². The summed E-state index contributed by atoms with van der Waals surface area (Å²) in [5.41, 5.74) is 2.47. The number of benzene rings is 1. The summed E-state index contributed by atoms with van der Waals surface area (Å²) in [5, 5.41) is 24.2. The second-order valence-electron chi connectivity index (χ2n) is 4.04. The monoisotopic (exact) mass is 242 g/mol. The van der Waals surface area contributed by atoms with Crippen LogP contribution in [0.1, 0.15) is 17.0 Å². The fourth-order valence-electron chi connectivity index (χ4n) is 1.79. The fourth-order valence-corrected chi connectivity index (χ4v) is 1.79. The molecule has 2 rings (SSSR count). The molecule has 92 valence electrons. The van der Waals surface area contributed by atoms with Crippen molar-refractivity contribution in [3.05, 3.63) is 70.7 Å². The van der Waals surface area contributed by atoms with Gasteiger partial charge in [-0.05, 0) is 11.6 Å². The maximum absolute atomic E-state index is 11.8. The van der Waals surface area contributed by atoms with E-state index in [0.29, 0.717) is 23.5 Å². The Morgan fingerprint density at radius 2 is 1.89 bits per heavy atom. The van der Waals surface area contributed by atoms with Gasteiger partial charge in [-0.2, -0.15) is 4.73 Å². The summed E-state index contributed by atoms with van der Waals surface area (Å²) in [6.07, 6.45) is 0.297. The smallest absolute Gasteiger partial charge is 0.199 e. The molecule has 0 fully saturated rings. The molecule has 0 atom stereocenters. The molecule has 0 spiro atoms. The highest BCUT2D eigenvalue weighted by atomic mass is 16.5. The summed E-state index contributed by atoms with van der Waals surface area (Å²) in [4.78, 5) is 0. The van der Waals surface area contributed by atoms with Gasteiger partial charge >= 0.3 is 0 Å². The van der Waals surface area contributed by atoms with Gasteiger partial charge in [-0.3, -0.25) is 0 Å². The van der Waals surface area contributed by atoms with Crippen LogP contribution in [0.3, 0.4) is 0 Å². The first kappa shape index (κ1) is 12.1. The average molecular weight is 242 g/mol. The molecule has 0 aliphatic carbocycles. The topological polar surface area (TPSA) is 59.5 Å². The van der Waals surface area contributed by atoms with Crippen molar-refractivity contribution in [1.29, 1.82) is 0 Å². The van der Waals surface area contributed by atoms with Crippen LogP contribution in [0.5, 0.6) is 0 Å². The predicted octanol–water partition coefficient (Wildman–Crippen LogP) is 2.05. The molecule has 4 nitrogen and oxygen atoms in total. The number of hydrogen-bond donors (Lipinski definition) is 1. The molecule has 1 N–H and O–H groups in total. The van der Waals surface area contributed by atoms with E-state index in [-0.39, 0.29) is 0 Å². The maximum Gasteiger partial charge on any atom is 0.199 e. The standard InChI is InChI=1S/C14H14N2O2/c1-11-6-5-9-13(16(11)18)10-14(15-17)12-7-3-2-4-8-12/h2-9,17H,10H2,1H3/b15-14-. The zero-order valence-corrected chi connectivity index (χ0v) is 10.1. The number of rotatable bonds is 3. The summed E-state index contributed by atoms with van der Waals surface area (Å²) < 4.78 is 0.855. The molecule has 0 bridgehead atoms. The van der Waals surface area contributed by atoms with Crippen LogP contribution in [-0.2, 0) is 6.42 Å². The summed E-state index contributed by atoms with van der Waals surface area (Å²) >= 11 is 0. The molecule has 0 aliphatic heterocycles. The van der Waals surface area contributed by atoms with E-state index in [9.17, 15) is 5.21 Å². The van der Waals surface area contributed by atoms with Crippen LogP contribution in [0.4, 0.5) is 0 Å². The quantitative estimate of drug-likeness (QED) is 0.294. The molecular formula is C14H14N2O2. The van der Waals surface area contributed by atoms with Crippen LogP contribution >= 0.6 is 0 Å². The molecule has 1 heterocycles. The SMILES string of the molecule is Cc1cccc(C/C(=N/O)c2ccccc2)[n+]1[O-]. The van der Waals surface area contributed by atoms with Gasteiger partial charge in [-0.15, -0.1) is 0 Å². The van der Waals surface area contributed by atoms with Crippen molar-refractivity contribution in [3.8, 4) is 0 Å². The second-order valence-corrected chi connectivity index (χ2v) is 4.04. The summed E-state index contributed by atoms with van der Waals surface area (Å²) in [6, 6.07) is 14.6. The van der Waals surface area contributed by atoms with Gasteiger partial charge in [-0.1, -0.05) is 35.5 Å². The molecule has 0 unspecified atom stereocenters. The second kappa shape index (κ2) is 5.31. The van der Waals surface area contributed by atoms with Crippen LogP contribution in [0.2, 0.25) is 0 Å². The lowest BCUT2D eigenvalue weighted by atomic mass is 10.1. The maximum atomic E-state index is 11.8. The molecule has 4 heteroatoms. The summed E-state index contributed by atoms with van der Waals surface area (Å²) in [7, 11) is 0. The van der Waals surface area contributed by atoms with E-state index in [1.807, 2.05) is 36.4 Å². The van der Waals surface area contributed by atoms with Crippen LogP contribution < -0.4 is 4.73 Å². The highest BCUT2D eigenvalue weighted by molar-refractivity contribution is 6.01. The largest absolute Gasteiger partial charge is 0.618 e. The van der Waals surface area contributed by atoms with E-state index in [2.05, 4.69) is 5.16 Å². The molecule has 0 aliphatic rings. The van der Waals surface area contributed by atoms with Crippen molar-refractivity contribution >= 4 is 5.71 Å². The van der Waals surface area contributed by atoms with Crippen LogP contribution in [-0.4, -0.2) is 10.9 Å². The lowest BCUT2D eigenvalue weighted by Crippen LogP contribution is -2.36. The summed E-state index contributed by atoms with van der Waals surface area (Å²) in [6.45, 7) is 1.74. The van der Waals surface area contributed by atoms with Gasteiger partial charge in [-0.25, -0.2) is 0 Å². The van der Waals surface area contributed by atoms with Gasteiger partial charge in [0, 0.05) is 19.1 Å². The van der Waals surface area contributed by atoms with Crippen LogP contribution in [0.15, 0.2) is 53.7 Å².